The van der Waals surface area contributed by atoms with Crippen LogP contribution in [0.3, 0.4) is 0 Å². The van der Waals surface area contributed by atoms with Gasteiger partial charge in [-0.25, -0.2) is 4.98 Å². The summed E-state index contributed by atoms with van der Waals surface area (Å²) in [7, 11) is 0. The van der Waals surface area contributed by atoms with Gasteiger partial charge in [0.15, 0.2) is 0 Å². The average molecular weight is 275 g/mol. The Balaban J connectivity index is 1.83. The number of thiophene rings is 1. The molecule has 2 aromatic rings. The molecule has 1 amide bonds. The van der Waals surface area contributed by atoms with Gasteiger partial charge in [0, 0.05) is 17.6 Å². The van der Waals surface area contributed by atoms with Crippen molar-refractivity contribution in [1.29, 1.82) is 0 Å². The summed E-state index contributed by atoms with van der Waals surface area (Å²) in [5.41, 5.74) is 6.61. The van der Waals surface area contributed by atoms with E-state index in [1.807, 2.05) is 12.1 Å². The largest absolute Gasteiger partial charge is 0.397 e. The van der Waals surface area contributed by atoms with Crippen LogP contribution in [0.2, 0.25) is 0 Å². The minimum Gasteiger partial charge on any atom is -0.397 e. The first kappa shape index (κ1) is 12.4. The number of amides is 1. The van der Waals surface area contributed by atoms with Gasteiger partial charge in [0.05, 0.1) is 5.69 Å². The lowest BCUT2D eigenvalue weighted by Crippen LogP contribution is -2.36. The van der Waals surface area contributed by atoms with E-state index in [4.69, 9.17) is 5.73 Å². The van der Waals surface area contributed by atoms with Gasteiger partial charge in [-0.3, -0.25) is 4.79 Å². The summed E-state index contributed by atoms with van der Waals surface area (Å²) in [6, 6.07) is 4.05. The van der Waals surface area contributed by atoms with Crippen LogP contribution in [0.1, 0.15) is 41.8 Å². The number of aromatic nitrogens is 1. The number of carbonyl (C=O) groups is 1. The molecule has 100 valence electrons. The lowest BCUT2D eigenvalue weighted by atomic mass is 9.95. The molecule has 0 saturated heterocycles. The zero-order chi connectivity index (χ0) is 13.2. The predicted molar refractivity (Wildman–Crippen MR) is 78.4 cm³/mol. The minimum atomic E-state index is -0.0487. The number of carbonyl (C=O) groups excluding carboxylic acids is 1. The second-order valence-electron chi connectivity index (χ2n) is 5.01. The third-order valence-electron chi connectivity index (χ3n) is 3.65. The van der Waals surface area contributed by atoms with Crippen molar-refractivity contribution in [2.45, 2.75) is 38.1 Å². The van der Waals surface area contributed by atoms with Crippen molar-refractivity contribution in [2.24, 2.45) is 0 Å². The number of hydrogen-bond donors (Lipinski definition) is 2. The van der Waals surface area contributed by atoms with Crippen molar-refractivity contribution in [3.05, 3.63) is 23.2 Å². The van der Waals surface area contributed by atoms with Crippen LogP contribution >= 0.6 is 11.3 Å². The summed E-state index contributed by atoms with van der Waals surface area (Å²) in [4.78, 5) is 18.0. The van der Waals surface area contributed by atoms with Crippen molar-refractivity contribution >= 4 is 33.1 Å². The van der Waals surface area contributed by atoms with Gasteiger partial charge in [-0.15, -0.1) is 11.3 Å². The smallest absolute Gasteiger partial charge is 0.263 e. The Morgan fingerprint density at radius 2 is 2.16 bits per heavy atom. The number of nitrogens with one attached hydrogen (secondary N) is 1. The maximum absolute atomic E-state index is 12.3. The number of hydrogen-bond acceptors (Lipinski definition) is 4. The van der Waals surface area contributed by atoms with Gasteiger partial charge in [-0.05, 0) is 25.0 Å². The number of nitrogens with two attached hydrogens (primary N) is 1. The minimum absolute atomic E-state index is 0.0487. The molecule has 3 rings (SSSR count). The van der Waals surface area contributed by atoms with Gasteiger partial charge in [0.1, 0.15) is 9.71 Å². The monoisotopic (exact) mass is 275 g/mol. The van der Waals surface area contributed by atoms with Crippen molar-refractivity contribution < 1.29 is 4.79 Å². The zero-order valence-electron chi connectivity index (χ0n) is 10.7. The number of anilines is 1. The summed E-state index contributed by atoms with van der Waals surface area (Å²) in [6.07, 6.45) is 7.56. The van der Waals surface area contributed by atoms with Crippen molar-refractivity contribution in [3.8, 4) is 0 Å². The van der Waals surface area contributed by atoms with Crippen LogP contribution in [0.4, 0.5) is 5.69 Å². The first-order valence-electron chi connectivity index (χ1n) is 6.69. The lowest BCUT2D eigenvalue weighted by Gasteiger charge is -2.22. The SMILES string of the molecule is Nc1c(C(=O)NC2CCCCC2)sc2ncccc12. The van der Waals surface area contributed by atoms with E-state index in [1.54, 1.807) is 6.20 Å². The lowest BCUT2D eigenvalue weighted by molar-refractivity contribution is 0.0933. The highest BCUT2D eigenvalue weighted by atomic mass is 32.1. The highest BCUT2D eigenvalue weighted by Crippen LogP contribution is 2.32. The van der Waals surface area contributed by atoms with Gasteiger partial charge >= 0.3 is 0 Å². The standard InChI is InChI=1S/C14H17N3OS/c15-11-10-7-4-8-16-14(10)19-12(11)13(18)17-9-5-2-1-3-6-9/h4,7-9H,1-3,5-6,15H2,(H,17,18). The Morgan fingerprint density at radius 1 is 1.37 bits per heavy atom. The molecule has 0 unspecified atom stereocenters. The third-order valence-corrected chi connectivity index (χ3v) is 4.78. The van der Waals surface area contributed by atoms with Crippen molar-refractivity contribution in [3.63, 3.8) is 0 Å². The van der Waals surface area contributed by atoms with Crippen LogP contribution in [0, 0.1) is 0 Å². The van der Waals surface area contributed by atoms with Crippen LogP contribution < -0.4 is 11.1 Å². The molecule has 3 N–H and O–H groups in total. The van der Waals surface area contributed by atoms with Gasteiger partial charge in [-0.2, -0.15) is 0 Å². The fraction of sp³-hybridized carbons (Fsp3) is 0.429. The van der Waals surface area contributed by atoms with Crippen LogP contribution in [0.5, 0.6) is 0 Å². The molecule has 1 aliphatic rings. The van der Waals surface area contributed by atoms with Crippen molar-refractivity contribution in [2.75, 3.05) is 5.73 Å². The normalized spacial score (nSPS) is 16.6. The first-order chi connectivity index (χ1) is 9.25. The molecule has 0 aromatic carbocycles. The van der Waals surface area contributed by atoms with E-state index in [-0.39, 0.29) is 5.91 Å². The van der Waals surface area contributed by atoms with E-state index in [0.29, 0.717) is 16.6 Å². The van der Waals surface area contributed by atoms with Gasteiger partial charge in [-0.1, -0.05) is 19.3 Å². The van der Waals surface area contributed by atoms with Crippen LogP contribution in [-0.2, 0) is 0 Å². The number of fused-ring (bicyclic) bond motifs is 1. The average Bonchev–Trinajstić information content (AvgIpc) is 2.78. The highest BCUT2D eigenvalue weighted by molar-refractivity contribution is 7.21. The molecule has 0 bridgehead atoms. The molecular formula is C14H17N3OS. The number of nitrogen functional groups attached to an aromatic ring is 1. The summed E-state index contributed by atoms with van der Waals surface area (Å²) < 4.78 is 0. The van der Waals surface area contributed by atoms with Crippen LogP contribution in [0.15, 0.2) is 18.3 Å². The quantitative estimate of drug-likeness (QED) is 0.885. The first-order valence-corrected chi connectivity index (χ1v) is 7.51. The fourth-order valence-corrected chi connectivity index (χ4v) is 3.58. The molecule has 0 radical (unpaired) electrons. The summed E-state index contributed by atoms with van der Waals surface area (Å²) in [6.45, 7) is 0. The Labute approximate surface area is 116 Å². The van der Waals surface area contributed by atoms with Gasteiger partial charge in [0.2, 0.25) is 0 Å². The number of rotatable bonds is 2. The Kier molecular flexibility index (Phi) is 3.38. The van der Waals surface area contributed by atoms with E-state index in [2.05, 4.69) is 10.3 Å². The van der Waals surface area contributed by atoms with E-state index >= 15 is 0 Å². The summed E-state index contributed by atoms with van der Waals surface area (Å²) in [5.74, 6) is -0.0487. The van der Waals surface area contributed by atoms with Gasteiger partial charge < -0.3 is 11.1 Å². The summed E-state index contributed by atoms with van der Waals surface area (Å²) in [5, 5.41) is 3.98. The highest BCUT2D eigenvalue weighted by Gasteiger charge is 2.21. The Morgan fingerprint density at radius 3 is 2.89 bits per heavy atom. The molecule has 0 aliphatic heterocycles. The molecule has 1 fully saturated rings. The molecule has 0 spiro atoms. The van der Waals surface area contributed by atoms with E-state index in [0.717, 1.165) is 23.1 Å². The molecule has 5 heteroatoms. The molecule has 0 atom stereocenters. The van der Waals surface area contributed by atoms with Crippen molar-refractivity contribution in [1.82, 2.24) is 10.3 Å². The van der Waals surface area contributed by atoms with E-state index < -0.39 is 0 Å². The number of pyridine rings is 1. The van der Waals surface area contributed by atoms with Gasteiger partial charge in [0.25, 0.3) is 5.91 Å². The Bertz CT molecular complexity index is 602. The van der Waals surface area contributed by atoms with Crippen LogP contribution in [0.25, 0.3) is 10.2 Å². The molecule has 1 aliphatic carbocycles. The molecule has 4 nitrogen and oxygen atoms in total. The second-order valence-corrected chi connectivity index (χ2v) is 6.01. The zero-order valence-corrected chi connectivity index (χ0v) is 11.5. The summed E-state index contributed by atoms with van der Waals surface area (Å²) >= 11 is 1.37. The predicted octanol–water partition coefficient (Wildman–Crippen LogP) is 2.94. The maximum atomic E-state index is 12.3. The molecule has 2 heterocycles. The molecule has 19 heavy (non-hydrogen) atoms. The Hall–Kier alpha value is -1.62. The second kappa shape index (κ2) is 5.17. The third kappa shape index (κ3) is 2.42. The number of nitrogens with zero attached hydrogens (tertiary/aromatic N) is 1. The van der Waals surface area contributed by atoms with E-state index in [9.17, 15) is 4.79 Å². The molecule has 2 aromatic heterocycles. The maximum Gasteiger partial charge on any atom is 0.263 e. The van der Waals surface area contributed by atoms with Crippen LogP contribution in [-0.4, -0.2) is 16.9 Å². The van der Waals surface area contributed by atoms with E-state index in [1.165, 1.54) is 30.6 Å². The molecular weight excluding hydrogens is 258 g/mol. The fourth-order valence-electron chi connectivity index (χ4n) is 2.62. The molecule has 1 saturated carbocycles. The topological polar surface area (TPSA) is 68.0 Å².